The Kier molecular flexibility index (Phi) is 4.85. The van der Waals surface area contributed by atoms with Crippen LogP contribution in [0.5, 0.6) is 0 Å². The van der Waals surface area contributed by atoms with Crippen LogP contribution in [0.25, 0.3) is 0 Å². The number of carbonyl (C=O) groups excluding carboxylic acids is 1. The first kappa shape index (κ1) is 14.8. The quantitative estimate of drug-likeness (QED) is 0.725. The van der Waals surface area contributed by atoms with Gasteiger partial charge in [-0.15, -0.1) is 0 Å². The summed E-state index contributed by atoms with van der Waals surface area (Å²) >= 11 is 0. The van der Waals surface area contributed by atoms with E-state index in [4.69, 9.17) is 0 Å². The minimum Gasteiger partial charge on any atom is -0.394 e. The topological polar surface area (TPSA) is 61.4 Å². The summed E-state index contributed by atoms with van der Waals surface area (Å²) in [5, 5.41) is 16.2. The Morgan fingerprint density at radius 1 is 1.32 bits per heavy atom. The fourth-order valence-electron chi connectivity index (χ4n) is 3.38. The number of aliphatic hydroxyl groups is 1. The third-order valence-corrected chi connectivity index (χ3v) is 4.97. The van der Waals surface area contributed by atoms with Crippen molar-refractivity contribution >= 4 is 5.91 Å². The Bertz CT molecular complexity index is 311. The van der Waals surface area contributed by atoms with E-state index in [2.05, 4.69) is 24.5 Å². The van der Waals surface area contributed by atoms with Crippen LogP contribution in [-0.2, 0) is 4.79 Å². The van der Waals surface area contributed by atoms with Gasteiger partial charge in [0.2, 0.25) is 5.91 Å². The second kappa shape index (κ2) is 6.23. The van der Waals surface area contributed by atoms with E-state index in [-0.39, 0.29) is 24.1 Å². The van der Waals surface area contributed by atoms with E-state index >= 15 is 0 Å². The Morgan fingerprint density at radius 3 is 2.58 bits per heavy atom. The van der Waals surface area contributed by atoms with Gasteiger partial charge in [-0.25, -0.2) is 0 Å². The molecule has 1 saturated heterocycles. The number of rotatable bonds is 3. The molecule has 1 saturated carbocycles. The van der Waals surface area contributed by atoms with Crippen LogP contribution in [0.2, 0.25) is 0 Å². The van der Waals surface area contributed by atoms with E-state index < -0.39 is 0 Å². The lowest BCUT2D eigenvalue weighted by molar-refractivity contribution is -0.128. The van der Waals surface area contributed by atoms with Crippen molar-refractivity contribution in [3.63, 3.8) is 0 Å². The monoisotopic (exact) mass is 268 g/mol. The summed E-state index contributed by atoms with van der Waals surface area (Å²) in [7, 11) is 0. The molecule has 2 aliphatic rings. The third-order valence-electron chi connectivity index (χ3n) is 4.97. The average molecular weight is 268 g/mol. The normalized spacial score (nSPS) is 39.8. The molecule has 0 radical (unpaired) electrons. The molecule has 0 aromatic carbocycles. The van der Waals surface area contributed by atoms with E-state index in [0.29, 0.717) is 11.8 Å². The predicted octanol–water partition coefficient (Wildman–Crippen LogP) is 1.43. The van der Waals surface area contributed by atoms with Crippen molar-refractivity contribution in [1.82, 2.24) is 10.6 Å². The zero-order valence-corrected chi connectivity index (χ0v) is 12.2. The maximum absolute atomic E-state index is 12.4. The number of hydrogen-bond donors (Lipinski definition) is 3. The molecule has 1 amide bonds. The molecular weight excluding hydrogens is 240 g/mol. The van der Waals surface area contributed by atoms with Crippen molar-refractivity contribution in [3.8, 4) is 0 Å². The van der Waals surface area contributed by atoms with E-state index in [1.807, 2.05) is 0 Å². The number of nitrogens with one attached hydrogen (secondary N) is 2. The Labute approximate surface area is 116 Å². The van der Waals surface area contributed by atoms with Gasteiger partial charge in [0.1, 0.15) is 0 Å². The van der Waals surface area contributed by atoms with Gasteiger partial charge in [-0.05, 0) is 56.9 Å². The minimum absolute atomic E-state index is 0.0621. The molecule has 2 rings (SSSR count). The van der Waals surface area contributed by atoms with Gasteiger partial charge in [0.05, 0.1) is 18.2 Å². The van der Waals surface area contributed by atoms with Gasteiger partial charge in [0, 0.05) is 0 Å². The molecule has 1 aliphatic heterocycles. The first-order valence-corrected chi connectivity index (χ1v) is 7.72. The highest BCUT2D eigenvalue weighted by atomic mass is 16.3. The lowest BCUT2D eigenvalue weighted by Crippen LogP contribution is -2.60. The van der Waals surface area contributed by atoms with Crippen molar-refractivity contribution in [2.45, 2.75) is 64.0 Å². The summed E-state index contributed by atoms with van der Waals surface area (Å²) in [5.74, 6) is 1.17. The summed E-state index contributed by atoms with van der Waals surface area (Å²) in [5.41, 5.74) is -0.373. The van der Waals surface area contributed by atoms with Gasteiger partial charge in [-0.3, -0.25) is 4.79 Å². The van der Waals surface area contributed by atoms with E-state index in [9.17, 15) is 9.90 Å². The molecule has 19 heavy (non-hydrogen) atoms. The van der Waals surface area contributed by atoms with Crippen LogP contribution in [0, 0.1) is 11.8 Å². The molecule has 4 nitrogen and oxygen atoms in total. The molecule has 4 heteroatoms. The van der Waals surface area contributed by atoms with Crippen LogP contribution in [0.15, 0.2) is 0 Å². The van der Waals surface area contributed by atoms with Crippen molar-refractivity contribution in [2.24, 2.45) is 11.8 Å². The molecule has 0 aromatic heterocycles. The molecule has 0 aromatic rings. The van der Waals surface area contributed by atoms with Crippen LogP contribution < -0.4 is 10.6 Å². The molecule has 0 bridgehead atoms. The highest BCUT2D eigenvalue weighted by Gasteiger charge is 2.38. The minimum atomic E-state index is -0.373. The largest absolute Gasteiger partial charge is 0.394 e. The lowest BCUT2D eigenvalue weighted by atomic mass is 9.77. The fourth-order valence-corrected chi connectivity index (χ4v) is 3.38. The first-order valence-electron chi connectivity index (χ1n) is 7.72. The van der Waals surface area contributed by atoms with Crippen LogP contribution >= 0.6 is 0 Å². The maximum atomic E-state index is 12.4. The molecule has 1 heterocycles. The number of aliphatic hydroxyl groups excluding tert-OH is 1. The van der Waals surface area contributed by atoms with Gasteiger partial charge >= 0.3 is 0 Å². The molecule has 0 spiro atoms. The summed E-state index contributed by atoms with van der Waals surface area (Å²) in [4.78, 5) is 12.4. The zero-order chi connectivity index (χ0) is 13.9. The van der Waals surface area contributed by atoms with E-state index in [1.165, 1.54) is 0 Å². The van der Waals surface area contributed by atoms with Crippen LogP contribution in [0.1, 0.15) is 52.4 Å². The second-order valence-electron chi connectivity index (χ2n) is 6.66. The Balaban J connectivity index is 1.95. The van der Waals surface area contributed by atoms with Crippen molar-refractivity contribution in [2.75, 3.05) is 13.2 Å². The van der Waals surface area contributed by atoms with Crippen molar-refractivity contribution in [3.05, 3.63) is 0 Å². The van der Waals surface area contributed by atoms with E-state index in [0.717, 1.165) is 45.1 Å². The van der Waals surface area contributed by atoms with Gasteiger partial charge in [-0.1, -0.05) is 13.8 Å². The average Bonchev–Trinajstić information content (AvgIpc) is 2.42. The van der Waals surface area contributed by atoms with Crippen molar-refractivity contribution in [1.29, 1.82) is 0 Å². The third kappa shape index (κ3) is 3.48. The number of carbonyl (C=O) groups is 1. The molecule has 1 aliphatic carbocycles. The van der Waals surface area contributed by atoms with Gasteiger partial charge < -0.3 is 15.7 Å². The fraction of sp³-hybridized carbons (Fsp3) is 0.933. The zero-order valence-electron chi connectivity index (χ0n) is 12.2. The van der Waals surface area contributed by atoms with Crippen LogP contribution in [0.4, 0.5) is 0 Å². The molecular formula is C15H28N2O2. The lowest BCUT2D eigenvalue weighted by Gasteiger charge is -2.40. The maximum Gasteiger partial charge on any atom is 0.237 e. The molecule has 110 valence electrons. The summed E-state index contributed by atoms with van der Waals surface area (Å²) in [6, 6.07) is -0.0866. The van der Waals surface area contributed by atoms with Crippen molar-refractivity contribution < 1.29 is 9.90 Å². The number of piperidine rings is 1. The van der Waals surface area contributed by atoms with Gasteiger partial charge in [0.15, 0.2) is 0 Å². The highest BCUT2D eigenvalue weighted by molar-refractivity contribution is 5.83. The smallest absolute Gasteiger partial charge is 0.237 e. The summed E-state index contributed by atoms with van der Waals surface area (Å²) < 4.78 is 0. The van der Waals surface area contributed by atoms with Gasteiger partial charge in [0.25, 0.3) is 0 Å². The number of amides is 1. The first-order chi connectivity index (χ1) is 9.06. The Hall–Kier alpha value is -0.610. The predicted molar refractivity (Wildman–Crippen MR) is 75.8 cm³/mol. The second-order valence-corrected chi connectivity index (χ2v) is 6.66. The number of hydrogen-bond acceptors (Lipinski definition) is 3. The van der Waals surface area contributed by atoms with Crippen LogP contribution in [0.3, 0.4) is 0 Å². The molecule has 2 atom stereocenters. The standard InChI is InChI=1S/C15H28N2O2/c1-11-5-7-15(10-18,8-6-11)17-14(19)13-12(2)4-3-9-16-13/h11-13,16,18H,3-10H2,1-2H3,(H,17,19). The Morgan fingerprint density at radius 2 is 2.00 bits per heavy atom. The molecule has 2 fully saturated rings. The van der Waals surface area contributed by atoms with E-state index in [1.54, 1.807) is 0 Å². The highest BCUT2D eigenvalue weighted by Crippen LogP contribution is 2.32. The summed E-state index contributed by atoms with van der Waals surface area (Å²) in [6.07, 6.45) is 6.24. The van der Waals surface area contributed by atoms with Gasteiger partial charge in [-0.2, -0.15) is 0 Å². The molecule has 2 unspecified atom stereocenters. The SMILES string of the molecule is CC1CCC(CO)(NC(=O)C2NCCCC2C)CC1. The summed E-state index contributed by atoms with van der Waals surface area (Å²) in [6.45, 7) is 5.36. The van der Waals surface area contributed by atoms with Crippen LogP contribution in [-0.4, -0.2) is 35.7 Å². The molecule has 3 N–H and O–H groups in total.